The van der Waals surface area contributed by atoms with Crippen LogP contribution in [0.2, 0.25) is 0 Å². The van der Waals surface area contributed by atoms with Crippen LogP contribution in [0.4, 0.5) is 0 Å². The van der Waals surface area contributed by atoms with Gasteiger partial charge in [0, 0.05) is 18.6 Å². The average molecular weight is 344 g/mol. The van der Waals surface area contributed by atoms with Crippen molar-refractivity contribution in [1.82, 2.24) is 39.0 Å². The molecule has 0 unspecified atom stereocenters. The summed E-state index contributed by atoms with van der Waals surface area (Å²) >= 11 is 0. The Hall–Kier alpha value is -3.88. The number of H-pyrrole nitrogens is 1. The minimum Gasteiger partial charge on any atom is -0.303 e. The van der Waals surface area contributed by atoms with Gasteiger partial charge in [-0.15, -0.1) is 0 Å². The predicted molar refractivity (Wildman–Crippen MR) is 93.9 cm³/mol. The number of imidazole rings is 2. The van der Waals surface area contributed by atoms with E-state index < -0.39 is 0 Å². The molecule has 0 aliphatic heterocycles. The van der Waals surface area contributed by atoms with E-state index in [-0.39, 0.29) is 5.69 Å². The molecule has 9 heteroatoms. The fraction of sp³-hybridized carbons (Fsp3) is 0.0588. The van der Waals surface area contributed by atoms with Crippen LogP contribution in [-0.4, -0.2) is 39.0 Å². The Labute approximate surface area is 146 Å². The summed E-state index contributed by atoms with van der Waals surface area (Å²) in [5, 5.41) is 0. The second-order valence-corrected chi connectivity index (χ2v) is 5.76. The van der Waals surface area contributed by atoms with Gasteiger partial charge in [-0.1, -0.05) is 6.07 Å². The van der Waals surface area contributed by atoms with Crippen LogP contribution >= 0.6 is 0 Å². The normalized spacial score (nSPS) is 11.4. The van der Waals surface area contributed by atoms with E-state index in [0.29, 0.717) is 23.7 Å². The number of hydrogen-bond acceptors (Lipinski definition) is 6. The van der Waals surface area contributed by atoms with Gasteiger partial charge in [-0.05, 0) is 17.7 Å². The molecule has 0 fully saturated rings. The molecule has 0 saturated heterocycles. The van der Waals surface area contributed by atoms with Crippen molar-refractivity contribution in [1.29, 1.82) is 0 Å². The molecule has 0 aromatic carbocycles. The van der Waals surface area contributed by atoms with E-state index in [1.165, 1.54) is 0 Å². The van der Waals surface area contributed by atoms with Gasteiger partial charge in [0.25, 0.3) is 0 Å². The molecule has 0 spiro atoms. The highest BCUT2D eigenvalue weighted by Crippen LogP contribution is 2.16. The third-order valence-electron chi connectivity index (χ3n) is 4.13. The molecule has 26 heavy (non-hydrogen) atoms. The lowest BCUT2D eigenvalue weighted by molar-refractivity contribution is 0.771. The van der Waals surface area contributed by atoms with Crippen molar-refractivity contribution in [3.8, 4) is 5.95 Å². The maximum atomic E-state index is 12.3. The highest BCUT2D eigenvalue weighted by Gasteiger charge is 2.13. The first kappa shape index (κ1) is 14.5. The summed E-state index contributed by atoms with van der Waals surface area (Å²) in [6.45, 7) is 0.373. The standard InChI is InChI=1S/C17H12N8O/c26-17-22-13-8-20-16(25-10-21-12-7-19-5-3-14(12)25)23-15(13)24(17)9-11-2-1-4-18-6-11/h1-8,10H,9H2,(H,22,26). The SMILES string of the molecule is O=c1[nH]c2cnc(-n3cnc4cnccc43)nc2n1Cc1cccnc1. The molecule has 0 radical (unpaired) electrons. The lowest BCUT2D eigenvalue weighted by Crippen LogP contribution is -2.18. The van der Waals surface area contributed by atoms with Crippen molar-refractivity contribution in [3.63, 3.8) is 0 Å². The average Bonchev–Trinajstić information content (AvgIpc) is 3.24. The number of aromatic amines is 1. The molecule has 0 aliphatic rings. The maximum Gasteiger partial charge on any atom is 0.328 e. The fourth-order valence-electron chi connectivity index (χ4n) is 2.90. The Bertz CT molecular complexity index is 1280. The summed E-state index contributed by atoms with van der Waals surface area (Å²) < 4.78 is 3.33. The molecule has 0 aliphatic carbocycles. The monoisotopic (exact) mass is 344 g/mol. The fourth-order valence-corrected chi connectivity index (χ4v) is 2.90. The quantitative estimate of drug-likeness (QED) is 0.528. The summed E-state index contributed by atoms with van der Waals surface area (Å²) in [4.78, 5) is 36.5. The largest absolute Gasteiger partial charge is 0.328 e. The summed E-state index contributed by atoms with van der Waals surface area (Å²) in [7, 11) is 0. The van der Waals surface area contributed by atoms with Gasteiger partial charge in [0.15, 0.2) is 5.65 Å². The zero-order valence-corrected chi connectivity index (χ0v) is 13.4. The first-order valence-electron chi connectivity index (χ1n) is 7.91. The molecule has 0 amide bonds. The van der Waals surface area contributed by atoms with Crippen LogP contribution in [0, 0.1) is 0 Å². The molecule has 126 valence electrons. The Morgan fingerprint density at radius 3 is 2.85 bits per heavy atom. The molecular weight excluding hydrogens is 332 g/mol. The minimum absolute atomic E-state index is 0.241. The molecule has 5 heterocycles. The van der Waals surface area contributed by atoms with Crippen LogP contribution in [0.25, 0.3) is 28.1 Å². The van der Waals surface area contributed by atoms with Crippen molar-refractivity contribution in [2.75, 3.05) is 0 Å². The Kier molecular flexibility index (Phi) is 3.11. The molecule has 9 nitrogen and oxygen atoms in total. The minimum atomic E-state index is -0.241. The zero-order chi connectivity index (χ0) is 17.5. The molecule has 0 saturated carbocycles. The van der Waals surface area contributed by atoms with Crippen molar-refractivity contribution in [2.24, 2.45) is 0 Å². The number of pyridine rings is 2. The van der Waals surface area contributed by atoms with Gasteiger partial charge in [0.2, 0.25) is 5.95 Å². The molecule has 0 bridgehead atoms. The van der Waals surface area contributed by atoms with E-state index >= 15 is 0 Å². The predicted octanol–water partition coefficient (Wildman–Crippen LogP) is 1.30. The zero-order valence-electron chi connectivity index (χ0n) is 13.4. The third-order valence-corrected chi connectivity index (χ3v) is 4.13. The Balaban J connectivity index is 1.67. The van der Waals surface area contributed by atoms with Crippen molar-refractivity contribution < 1.29 is 0 Å². The number of nitrogens with one attached hydrogen (secondary N) is 1. The highest BCUT2D eigenvalue weighted by atomic mass is 16.1. The summed E-state index contributed by atoms with van der Waals surface area (Å²) in [6.07, 6.45) is 10.0. The molecule has 5 aromatic heterocycles. The van der Waals surface area contributed by atoms with E-state index in [1.807, 2.05) is 18.2 Å². The molecule has 0 atom stereocenters. The Morgan fingerprint density at radius 2 is 1.96 bits per heavy atom. The van der Waals surface area contributed by atoms with Gasteiger partial charge in [-0.2, -0.15) is 4.98 Å². The van der Waals surface area contributed by atoms with Gasteiger partial charge in [-0.25, -0.2) is 14.8 Å². The second-order valence-electron chi connectivity index (χ2n) is 5.76. The topological polar surface area (TPSA) is 107 Å². The van der Waals surface area contributed by atoms with Crippen LogP contribution < -0.4 is 5.69 Å². The summed E-state index contributed by atoms with van der Waals surface area (Å²) in [6, 6.07) is 5.59. The first-order valence-corrected chi connectivity index (χ1v) is 7.91. The number of fused-ring (bicyclic) bond motifs is 2. The van der Waals surface area contributed by atoms with Crippen molar-refractivity contribution in [3.05, 3.63) is 71.6 Å². The number of aromatic nitrogens is 8. The van der Waals surface area contributed by atoms with Crippen LogP contribution in [-0.2, 0) is 6.54 Å². The van der Waals surface area contributed by atoms with Crippen molar-refractivity contribution in [2.45, 2.75) is 6.54 Å². The van der Waals surface area contributed by atoms with E-state index in [1.54, 1.807) is 46.4 Å². The summed E-state index contributed by atoms with van der Waals surface area (Å²) in [5.74, 6) is 0.435. The van der Waals surface area contributed by atoms with E-state index in [2.05, 4.69) is 29.9 Å². The lowest BCUT2D eigenvalue weighted by Gasteiger charge is -2.05. The molecule has 5 aromatic rings. The van der Waals surface area contributed by atoms with Crippen LogP contribution in [0.1, 0.15) is 5.56 Å². The van der Waals surface area contributed by atoms with Gasteiger partial charge in [-0.3, -0.25) is 19.1 Å². The van der Waals surface area contributed by atoms with E-state index in [0.717, 1.165) is 16.6 Å². The van der Waals surface area contributed by atoms with Gasteiger partial charge >= 0.3 is 5.69 Å². The molecular formula is C17H12N8O. The first-order chi connectivity index (χ1) is 12.8. The number of rotatable bonds is 3. The van der Waals surface area contributed by atoms with Crippen molar-refractivity contribution >= 4 is 22.2 Å². The number of hydrogen-bond donors (Lipinski definition) is 1. The summed E-state index contributed by atoms with van der Waals surface area (Å²) in [5.41, 5.74) is 3.37. The van der Waals surface area contributed by atoms with Crippen LogP contribution in [0.5, 0.6) is 0 Å². The van der Waals surface area contributed by atoms with E-state index in [9.17, 15) is 4.79 Å². The molecule has 5 rings (SSSR count). The second kappa shape index (κ2) is 5.59. The maximum absolute atomic E-state index is 12.3. The van der Waals surface area contributed by atoms with Gasteiger partial charge in [0.1, 0.15) is 17.4 Å². The highest BCUT2D eigenvalue weighted by molar-refractivity contribution is 5.76. The smallest absolute Gasteiger partial charge is 0.303 e. The van der Waals surface area contributed by atoms with Crippen LogP contribution in [0.15, 0.2) is 60.3 Å². The Morgan fingerprint density at radius 1 is 1.04 bits per heavy atom. The third kappa shape index (κ3) is 2.25. The lowest BCUT2D eigenvalue weighted by atomic mass is 10.3. The van der Waals surface area contributed by atoms with Gasteiger partial charge in [0.05, 0.1) is 24.5 Å². The van der Waals surface area contributed by atoms with E-state index in [4.69, 9.17) is 0 Å². The van der Waals surface area contributed by atoms with Crippen LogP contribution in [0.3, 0.4) is 0 Å². The van der Waals surface area contributed by atoms with Gasteiger partial charge < -0.3 is 4.98 Å². The number of nitrogens with zero attached hydrogens (tertiary/aromatic N) is 7. The molecule has 1 N–H and O–H groups in total.